The molecule has 2 atom stereocenters. The molecule has 1 aliphatic heterocycles. The van der Waals surface area contributed by atoms with Crippen molar-refractivity contribution in [1.82, 2.24) is 5.32 Å². The fraction of sp³-hybridized carbons (Fsp3) is 0.900. The second kappa shape index (κ2) is 3.17. The molecule has 2 aliphatic rings. The zero-order chi connectivity index (χ0) is 8.55. The Morgan fingerprint density at radius 3 is 2.42 bits per heavy atom. The predicted octanol–water partition coefficient (Wildman–Crippen LogP) is 1.50. The van der Waals surface area contributed by atoms with Gasteiger partial charge in [0.15, 0.2) is 5.78 Å². The largest absolute Gasteiger partial charge is 0.298 e. The Balaban J connectivity index is 1.88. The summed E-state index contributed by atoms with van der Waals surface area (Å²) in [5.41, 5.74) is 0. The van der Waals surface area contributed by atoms with Crippen LogP contribution in [0.1, 0.15) is 39.0 Å². The highest BCUT2D eigenvalue weighted by molar-refractivity contribution is 5.94. The molecular weight excluding hydrogens is 150 g/mol. The van der Waals surface area contributed by atoms with Gasteiger partial charge in [-0.05, 0) is 25.7 Å². The van der Waals surface area contributed by atoms with Crippen LogP contribution in [0.5, 0.6) is 0 Å². The fourth-order valence-corrected chi connectivity index (χ4v) is 2.44. The van der Waals surface area contributed by atoms with Crippen LogP contribution in [0.4, 0.5) is 0 Å². The van der Waals surface area contributed by atoms with Crippen molar-refractivity contribution < 1.29 is 4.79 Å². The lowest BCUT2D eigenvalue weighted by Gasteiger charge is -2.40. The first kappa shape index (κ1) is 8.24. The third kappa shape index (κ3) is 1.28. The van der Waals surface area contributed by atoms with Crippen LogP contribution < -0.4 is 5.32 Å². The highest BCUT2D eigenvalue weighted by atomic mass is 16.1. The van der Waals surface area contributed by atoms with Crippen LogP contribution >= 0.6 is 0 Å². The van der Waals surface area contributed by atoms with Gasteiger partial charge in [0.05, 0.1) is 12.1 Å². The van der Waals surface area contributed by atoms with Crippen molar-refractivity contribution in [3.05, 3.63) is 0 Å². The molecule has 1 heterocycles. The van der Waals surface area contributed by atoms with Crippen LogP contribution in [0, 0.1) is 5.92 Å². The summed E-state index contributed by atoms with van der Waals surface area (Å²) in [6, 6.07) is 0.359. The molecule has 0 aromatic heterocycles. The van der Waals surface area contributed by atoms with E-state index in [4.69, 9.17) is 0 Å². The molecule has 1 N–H and O–H groups in total. The molecule has 1 saturated heterocycles. The van der Waals surface area contributed by atoms with E-state index in [1.807, 2.05) is 6.92 Å². The zero-order valence-corrected chi connectivity index (χ0v) is 7.68. The minimum atomic E-state index is 0.136. The molecule has 2 unspecified atom stereocenters. The minimum absolute atomic E-state index is 0.136. The molecule has 12 heavy (non-hydrogen) atoms. The summed E-state index contributed by atoms with van der Waals surface area (Å²) in [5, 5.41) is 3.31. The summed E-state index contributed by atoms with van der Waals surface area (Å²) in [6.45, 7) is 1.96. The van der Waals surface area contributed by atoms with Gasteiger partial charge in [-0.3, -0.25) is 10.1 Å². The molecule has 2 heteroatoms. The number of carbonyl (C=O) groups excluding carboxylic acids is 1. The third-order valence-corrected chi connectivity index (χ3v) is 3.28. The maximum Gasteiger partial charge on any atom is 0.166 e. The number of ketones is 1. The molecule has 2 fully saturated rings. The Labute approximate surface area is 73.7 Å². The van der Waals surface area contributed by atoms with E-state index in [9.17, 15) is 4.79 Å². The van der Waals surface area contributed by atoms with E-state index in [-0.39, 0.29) is 12.1 Å². The van der Waals surface area contributed by atoms with Crippen LogP contribution in [-0.2, 0) is 4.79 Å². The van der Waals surface area contributed by atoms with E-state index in [0.717, 1.165) is 0 Å². The Morgan fingerprint density at radius 2 is 1.92 bits per heavy atom. The first-order valence-corrected chi connectivity index (χ1v) is 5.09. The summed E-state index contributed by atoms with van der Waals surface area (Å²) in [5.74, 6) is 1.10. The molecular formula is C10H17NO. The molecule has 0 radical (unpaired) electrons. The van der Waals surface area contributed by atoms with Crippen molar-refractivity contribution in [2.45, 2.75) is 51.1 Å². The van der Waals surface area contributed by atoms with Gasteiger partial charge >= 0.3 is 0 Å². The zero-order valence-electron chi connectivity index (χ0n) is 7.68. The van der Waals surface area contributed by atoms with Gasteiger partial charge in [-0.25, -0.2) is 0 Å². The number of hydrogen-bond acceptors (Lipinski definition) is 2. The van der Waals surface area contributed by atoms with Gasteiger partial charge in [-0.2, -0.15) is 0 Å². The molecule has 1 saturated carbocycles. The van der Waals surface area contributed by atoms with Crippen LogP contribution in [0.3, 0.4) is 0 Å². The standard InChI is InChI=1S/C10H17NO/c1-7-10(12)9(11-7)8-5-3-2-4-6-8/h7-9,11H,2-6H2,1H3. The van der Waals surface area contributed by atoms with Crippen LogP contribution in [0.15, 0.2) is 0 Å². The van der Waals surface area contributed by atoms with Gasteiger partial charge in [0.2, 0.25) is 0 Å². The Hall–Kier alpha value is -0.370. The van der Waals surface area contributed by atoms with E-state index in [1.54, 1.807) is 0 Å². The first-order chi connectivity index (χ1) is 5.79. The van der Waals surface area contributed by atoms with E-state index in [0.29, 0.717) is 11.7 Å². The quantitative estimate of drug-likeness (QED) is 0.641. The van der Waals surface area contributed by atoms with Crippen molar-refractivity contribution >= 4 is 5.78 Å². The van der Waals surface area contributed by atoms with Gasteiger partial charge in [0.25, 0.3) is 0 Å². The van der Waals surface area contributed by atoms with Gasteiger partial charge in [-0.1, -0.05) is 19.3 Å². The lowest BCUT2D eigenvalue weighted by atomic mass is 9.77. The topological polar surface area (TPSA) is 29.1 Å². The first-order valence-electron chi connectivity index (χ1n) is 5.09. The summed E-state index contributed by atoms with van der Waals surface area (Å²) in [4.78, 5) is 11.4. The second-order valence-electron chi connectivity index (χ2n) is 4.17. The van der Waals surface area contributed by atoms with Crippen molar-refractivity contribution in [3.63, 3.8) is 0 Å². The van der Waals surface area contributed by atoms with Crippen molar-refractivity contribution in [3.8, 4) is 0 Å². The van der Waals surface area contributed by atoms with E-state index >= 15 is 0 Å². The van der Waals surface area contributed by atoms with E-state index in [2.05, 4.69) is 5.32 Å². The molecule has 0 aromatic carbocycles. The highest BCUT2D eigenvalue weighted by Crippen LogP contribution is 2.30. The molecule has 0 aromatic rings. The highest BCUT2D eigenvalue weighted by Gasteiger charge is 2.40. The number of hydrogen-bond donors (Lipinski definition) is 1. The van der Waals surface area contributed by atoms with Gasteiger partial charge in [0, 0.05) is 0 Å². The molecule has 0 bridgehead atoms. The summed E-state index contributed by atoms with van der Waals surface area (Å²) in [6.07, 6.45) is 6.54. The van der Waals surface area contributed by atoms with Gasteiger partial charge in [-0.15, -0.1) is 0 Å². The predicted molar refractivity (Wildman–Crippen MR) is 48.0 cm³/mol. The van der Waals surface area contributed by atoms with Gasteiger partial charge in [0.1, 0.15) is 0 Å². The number of rotatable bonds is 1. The average Bonchev–Trinajstić information content (AvgIpc) is 2.15. The Morgan fingerprint density at radius 1 is 1.25 bits per heavy atom. The maximum atomic E-state index is 11.4. The average molecular weight is 167 g/mol. The van der Waals surface area contributed by atoms with Crippen LogP contribution in [0.2, 0.25) is 0 Å². The lowest BCUT2D eigenvalue weighted by molar-refractivity contribution is -0.131. The smallest absolute Gasteiger partial charge is 0.166 e. The third-order valence-electron chi connectivity index (χ3n) is 3.28. The van der Waals surface area contributed by atoms with E-state index in [1.165, 1.54) is 32.1 Å². The summed E-state index contributed by atoms with van der Waals surface area (Å²) in [7, 11) is 0. The maximum absolute atomic E-state index is 11.4. The summed E-state index contributed by atoms with van der Waals surface area (Å²) >= 11 is 0. The van der Waals surface area contributed by atoms with Crippen molar-refractivity contribution in [2.24, 2.45) is 5.92 Å². The molecule has 68 valence electrons. The molecule has 0 spiro atoms. The number of Topliss-reactive ketones (excluding diaryl/α,β-unsaturated/α-hetero) is 1. The monoisotopic (exact) mass is 167 g/mol. The van der Waals surface area contributed by atoms with Crippen molar-refractivity contribution in [2.75, 3.05) is 0 Å². The van der Waals surface area contributed by atoms with Crippen LogP contribution in [-0.4, -0.2) is 17.9 Å². The Bertz CT molecular complexity index is 184. The molecule has 2 rings (SSSR count). The number of nitrogens with one attached hydrogen (secondary N) is 1. The SMILES string of the molecule is CC1NC(C2CCCCC2)C1=O. The van der Waals surface area contributed by atoms with Crippen LogP contribution in [0.25, 0.3) is 0 Å². The van der Waals surface area contributed by atoms with Crippen molar-refractivity contribution in [1.29, 1.82) is 0 Å². The lowest BCUT2D eigenvalue weighted by Crippen LogP contribution is -2.64. The number of carbonyl (C=O) groups is 1. The Kier molecular flexibility index (Phi) is 2.18. The minimum Gasteiger partial charge on any atom is -0.298 e. The van der Waals surface area contributed by atoms with E-state index < -0.39 is 0 Å². The molecule has 0 amide bonds. The summed E-state index contributed by atoms with van der Waals surface area (Å²) < 4.78 is 0. The fourth-order valence-electron chi connectivity index (χ4n) is 2.44. The molecule has 1 aliphatic carbocycles. The second-order valence-corrected chi connectivity index (χ2v) is 4.17. The van der Waals surface area contributed by atoms with Gasteiger partial charge < -0.3 is 0 Å². The normalized spacial score (nSPS) is 37.9. The molecule has 2 nitrogen and oxygen atoms in total.